The summed E-state index contributed by atoms with van der Waals surface area (Å²) >= 11 is 0. The number of nitrogens with one attached hydrogen (secondary N) is 1. The van der Waals surface area contributed by atoms with Crippen molar-refractivity contribution in [3.8, 4) is 0 Å². The highest BCUT2D eigenvalue weighted by Crippen LogP contribution is 2.27. The lowest BCUT2D eigenvalue weighted by Crippen LogP contribution is -2.43. The highest BCUT2D eigenvalue weighted by atomic mass is 32.2. The van der Waals surface area contributed by atoms with Gasteiger partial charge in [-0.15, -0.1) is 0 Å². The van der Waals surface area contributed by atoms with Crippen LogP contribution in [0.15, 0.2) is 23.1 Å². The Morgan fingerprint density at radius 1 is 1.33 bits per heavy atom. The van der Waals surface area contributed by atoms with E-state index in [0.29, 0.717) is 30.6 Å². The van der Waals surface area contributed by atoms with Crippen LogP contribution < -0.4 is 5.32 Å². The van der Waals surface area contributed by atoms with Crippen molar-refractivity contribution in [1.82, 2.24) is 9.62 Å². The number of rotatable bonds is 4. The van der Waals surface area contributed by atoms with Crippen LogP contribution in [0.25, 0.3) is 0 Å². The Hall–Kier alpha value is -0.980. The van der Waals surface area contributed by atoms with Gasteiger partial charge in [0, 0.05) is 19.1 Å². The summed E-state index contributed by atoms with van der Waals surface area (Å²) in [6.07, 6.45) is 1.70. The summed E-state index contributed by atoms with van der Waals surface area (Å²) in [7, 11) is -1.59. The van der Waals surface area contributed by atoms with E-state index in [2.05, 4.69) is 12.2 Å². The quantitative estimate of drug-likeness (QED) is 0.926. The van der Waals surface area contributed by atoms with Gasteiger partial charge < -0.3 is 5.32 Å². The smallest absolute Gasteiger partial charge is 0.243 e. The third kappa shape index (κ3) is 3.44. The number of piperidine rings is 1. The molecule has 6 heteroatoms. The van der Waals surface area contributed by atoms with Gasteiger partial charge in [-0.05, 0) is 63.4 Å². The molecule has 1 aromatic carbocycles. The second kappa shape index (κ2) is 6.42. The zero-order chi connectivity index (χ0) is 15.6. The van der Waals surface area contributed by atoms with E-state index in [4.69, 9.17) is 0 Å². The largest absolute Gasteiger partial charge is 0.317 e. The standard InChI is InChI=1S/C15H23FN2O2S/c1-11-10-14(16)4-5-15(11)21(19,20)18-8-6-13(7-9-18)12(2)17-3/h4-5,10,12-13,17H,6-9H2,1-3H3. The van der Waals surface area contributed by atoms with E-state index in [1.807, 2.05) is 7.05 Å². The Labute approximate surface area is 126 Å². The molecule has 1 aromatic rings. The predicted molar refractivity (Wildman–Crippen MR) is 81.1 cm³/mol. The fraction of sp³-hybridized carbons (Fsp3) is 0.600. The van der Waals surface area contributed by atoms with Crippen LogP contribution in [0.2, 0.25) is 0 Å². The first-order valence-corrected chi connectivity index (χ1v) is 8.74. The zero-order valence-corrected chi connectivity index (χ0v) is 13.6. The Morgan fingerprint density at radius 3 is 2.48 bits per heavy atom. The van der Waals surface area contributed by atoms with Gasteiger partial charge in [-0.2, -0.15) is 4.31 Å². The van der Waals surface area contributed by atoms with Crippen LogP contribution in [0.1, 0.15) is 25.3 Å². The van der Waals surface area contributed by atoms with Gasteiger partial charge in [0.05, 0.1) is 4.90 Å². The van der Waals surface area contributed by atoms with Crippen LogP contribution in [0, 0.1) is 18.7 Å². The normalized spacial score (nSPS) is 19.6. The van der Waals surface area contributed by atoms with Crippen molar-refractivity contribution in [2.75, 3.05) is 20.1 Å². The molecule has 1 heterocycles. The Balaban J connectivity index is 2.15. The number of nitrogens with zero attached hydrogens (tertiary/aromatic N) is 1. The van der Waals surface area contributed by atoms with Gasteiger partial charge in [-0.1, -0.05) is 0 Å². The maximum absolute atomic E-state index is 13.1. The van der Waals surface area contributed by atoms with Crippen LogP contribution in [0.5, 0.6) is 0 Å². The Kier molecular flexibility index (Phi) is 5.01. The van der Waals surface area contributed by atoms with Gasteiger partial charge in [0.2, 0.25) is 10.0 Å². The van der Waals surface area contributed by atoms with Gasteiger partial charge in [0.1, 0.15) is 5.82 Å². The third-order valence-corrected chi connectivity index (χ3v) is 6.47. The minimum atomic E-state index is -3.52. The maximum atomic E-state index is 13.1. The van der Waals surface area contributed by atoms with Crippen LogP contribution in [0.3, 0.4) is 0 Å². The fourth-order valence-electron chi connectivity index (χ4n) is 2.89. The van der Waals surface area contributed by atoms with E-state index < -0.39 is 15.8 Å². The van der Waals surface area contributed by atoms with E-state index in [1.54, 1.807) is 6.92 Å². The average molecular weight is 314 g/mol. The van der Waals surface area contributed by atoms with E-state index in [-0.39, 0.29) is 4.90 Å². The number of sulfonamides is 1. The molecular weight excluding hydrogens is 291 g/mol. The molecule has 2 rings (SSSR count). The first-order valence-electron chi connectivity index (χ1n) is 7.30. The van der Waals surface area contributed by atoms with Crippen molar-refractivity contribution < 1.29 is 12.8 Å². The lowest BCUT2D eigenvalue weighted by molar-refractivity contribution is 0.236. The number of hydrogen-bond acceptors (Lipinski definition) is 3. The van der Waals surface area contributed by atoms with Crippen LogP contribution >= 0.6 is 0 Å². The minimum absolute atomic E-state index is 0.212. The molecule has 21 heavy (non-hydrogen) atoms. The molecule has 0 amide bonds. The van der Waals surface area contributed by atoms with Crippen molar-refractivity contribution >= 4 is 10.0 Å². The van der Waals surface area contributed by atoms with Gasteiger partial charge in [-0.3, -0.25) is 0 Å². The molecular formula is C15H23FN2O2S. The van der Waals surface area contributed by atoms with Crippen molar-refractivity contribution in [3.05, 3.63) is 29.6 Å². The monoisotopic (exact) mass is 314 g/mol. The van der Waals surface area contributed by atoms with E-state index in [1.165, 1.54) is 22.5 Å². The summed E-state index contributed by atoms with van der Waals surface area (Å²) in [6, 6.07) is 4.23. The Morgan fingerprint density at radius 2 is 1.95 bits per heavy atom. The van der Waals surface area contributed by atoms with Crippen molar-refractivity contribution in [1.29, 1.82) is 0 Å². The lowest BCUT2D eigenvalue weighted by atomic mass is 9.91. The predicted octanol–water partition coefficient (Wildman–Crippen LogP) is 2.14. The molecule has 118 valence electrons. The number of halogens is 1. The van der Waals surface area contributed by atoms with Crippen LogP contribution in [0.4, 0.5) is 4.39 Å². The van der Waals surface area contributed by atoms with Crippen LogP contribution in [-0.4, -0.2) is 38.9 Å². The van der Waals surface area contributed by atoms with Gasteiger partial charge in [-0.25, -0.2) is 12.8 Å². The molecule has 1 N–H and O–H groups in total. The molecule has 1 saturated heterocycles. The highest BCUT2D eigenvalue weighted by Gasteiger charge is 2.31. The third-order valence-electron chi connectivity index (χ3n) is 4.42. The molecule has 0 saturated carbocycles. The van der Waals surface area contributed by atoms with E-state index >= 15 is 0 Å². The molecule has 1 unspecified atom stereocenters. The van der Waals surface area contributed by atoms with Crippen molar-refractivity contribution in [2.24, 2.45) is 5.92 Å². The molecule has 1 aliphatic heterocycles. The molecule has 0 spiro atoms. The summed E-state index contributed by atoms with van der Waals surface area (Å²) in [5.41, 5.74) is 0.459. The van der Waals surface area contributed by atoms with E-state index in [0.717, 1.165) is 12.8 Å². The molecule has 0 bridgehead atoms. The lowest BCUT2D eigenvalue weighted by Gasteiger charge is -2.34. The van der Waals surface area contributed by atoms with Crippen LogP contribution in [-0.2, 0) is 10.0 Å². The molecule has 1 fully saturated rings. The highest BCUT2D eigenvalue weighted by molar-refractivity contribution is 7.89. The molecule has 0 aromatic heterocycles. The molecule has 1 atom stereocenters. The van der Waals surface area contributed by atoms with Crippen molar-refractivity contribution in [2.45, 2.75) is 37.6 Å². The fourth-order valence-corrected chi connectivity index (χ4v) is 4.57. The number of hydrogen-bond donors (Lipinski definition) is 1. The first-order chi connectivity index (χ1) is 9.86. The minimum Gasteiger partial charge on any atom is -0.317 e. The van der Waals surface area contributed by atoms with Gasteiger partial charge in [0.25, 0.3) is 0 Å². The van der Waals surface area contributed by atoms with Crippen molar-refractivity contribution in [3.63, 3.8) is 0 Å². The number of benzene rings is 1. The topological polar surface area (TPSA) is 49.4 Å². The second-order valence-electron chi connectivity index (χ2n) is 5.73. The molecule has 0 radical (unpaired) electrons. The summed E-state index contributed by atoms with van der Waals surface area (Å²) in [6.45, 7) is 4.80. The maximum Gasteiger partial charge on any atom is 0.243 e. The Bertz CT molecular complexity index is 596. The molecule has 4 nitrogen and oxygen atoms in total. The second-order valence-corrected chi connectivity index (χ2v) is 7.64. The summed E-state index contributed by atoms with van der Waals surface area (Å²) in [5.74, 6) is 0.0868. The summed E-state index contributed by atoms with van der Waals surface area (Å²) in [4.78, 5) is 0.212. The number of aryl methyl sites for hydroxylation is 1. The summed E-state index contributed by atoms with van der Waals surface area (Å²) in [5, 5.41) is 3.23. The summed E-state index contributed by atoms with van der Waals surface area (Å²) < 4.78 is 40.0. The first kappa shape index (κ1) is 16.4. The van der Waals surface area contributed by atoms with E-state index in [9.17, 15) is 12.8 Å². The van der Waals surface area contributed by atoms with Gasteiger partial charge in [0.15, 0.2) is 0 Å². The molecule has 1 aliphatic rings. The SMILES string of the molecule is CNC(C)C1CCN(S(=O)(=O)c2ccc(F)cc2C)CC1. The van der Waals surface area contributed by atoms with Gasteiger partial charge >= 0.3 is 0 Å². The zero-order valence-electron chi connectivity index (χ0n) is 12.8. The average Bonchev–Trinajstić information content (AvgIpc) is 2.46. The molecule has 0 aliphatic carbocycles.